The highest BCUT2D eigenvalue weighted by Gasteiger charge is 2.01. The first-order valence-electron chi connectivity index (χ1n) is 6.36. The molecule has 0 fully saturated rings. The molecule has 0 aromatic heterocycles. The SMILES string of the molecule is CCCCCON(CC)OCC.COS(=O)(=O)OC. The second-order valence-corrected chi connectivity index (χ2v) is 4.83. The molecule has 8 heteroatoms. The zero-order valence-corrected chi connectivity index (χ0v) is 13.4. The van der Waals surface area contributed by atoms with Crippen molar-refractivity contribution in [3.63, 3.8) is 0 Å². The summed E-state index contributed by atoms with van der Waals surface area (Å²) < 4.78 is 27.5. The van der Waals surface area contributed by atoms with Crippen LogP contribution in [0.4, 0.5) is 0 Å². The summed E-state index contributed by atoms with van der Waals surface area (Å²) in [6.45, 7) is 8.36. The summed E-state index contributed by atoms with van der Waals surface area (Å²) in [7, 11) is -1.60. The Bertz CT molecular complexity index is 260. The third-order valence-corrected chi connectivity index (χ3v) is 2.74. The highest BCUT2D eigenvalue weighted by Crippen LogP contribution is 1.97. The third-order valence-electron chi connectivity index (χ3n) is 1.92. The molecule has 0 heterocycles. The van der Waals surface area contributed by atoms with E-state index in [1.54, 1.807) is 5.23 Å². The van der Waals surface area contributed by atoms with Gasteiger partial charge in [-0.1, -0.05) is 25.0 Å². The minimum Gasteiger partial charge on any atom is -0.274 e. The fourth-order valence-electron chi connectivity index (χ4n) is 0.950. The van der Waals surface area contributed by atoms with Crippen molar-refractivity contribution in [2.24, 2.45) is 0 Å². The van der Waals surface area contributed by atoms with Crippen molar-refractivity contribution >= 4 is 10.4 Å². The quantitative estimate of drug-likeness (QED) is 0.450. The van der Waals surface area contributed by atoms with Crippen LogP contribution in [0.1, 0.15) is 40.0 Å². The number of hydroxylamine groups is 2. The highest BCUT2D eigenvalue weighted by atomic mass is 32.3. The lowest BCUT2D eigenvalue weighted by Crippen LogP contribution is -2.24. The first-order valence-corrected chi connectivity index (χ1v) is 7.70. The number of hydrogen-bond donors (Lipinski definition) is 0. The van der Waals surface area contributed by atoms with Gasteiger partial charge in [-0.3, -0.25) is 18.0 Å². The molecule has 0 bridgehead atoms. The van der Waals surface area contributed by atoms with E-state index in [0.717, 1.165) is 33.8 Å². The predicted molar refractivity (Wildman–Crippen MR) is 72.4 cm³/mol. The Hall–Kier alpha value is -0.250. The van der Waals surface area contributed by atoms with Crippen molar-refractivity contribution in [1.82, 2.24) is 5.23 Å². The van der Waals surface area contributed by atoms with Crippen LogP contribution in [-0.4, -0.2) is 47.6 Å². The average Bonchev–Trinajstić information content (AvgIpc) is 2.43. The molecule has 0 aliphatic carbocycles. The molecule has 0 radical (unpaired) electrons. The standard InChI is InChI=1S/C9H21NO2.C2H6O4S/c1-4-7-8-9-12-10(5-2)11-6-3;1-5-7(3,4)6-2/h4-9H2,1-3H3;1-2H3. The molecule has 0 aliphatic rings. The van der Waals surface area contributed by atoms with Gasteiger partial charge in [-0.15, -0.1) is 0 Å². The van der Waals surface area contributed by atoms with E-state index in [1.807, 2.05) is 13.8 Å². The molecular weight excluding hydrogens is 274 g/mol. The molecule has 0 rings (SSSR count). The number of hydrogen-bond acceptors (Lipinski definition) is 7. The molecule has 0 aromatic rings. The molecule has 7 nitrogen and oxygen atoms in total. The van der Waals surface area contributed by atoms with E-state index in [2.05, 4.69) is 15.3 Å². The van der Waals surface area contributed by atoms with Gasteiger partial charge in [-0.25, -0.2) is 0 Å². The predicted octanol–water partition coefficient (Wildman–Crippen LogP) is 1.91. The lowest BCUT2D eigenvalue weighted by molar-refractivity contribution is -0.364. The Morgan fingerprint density at radius 1 is 0.947 bits per heavy atom. The summed E-state index contributed by atoms with van der Waals surface area (Å²) in [5.41, 5.74) is 0. The normalized spacial score (nSPS) is 11.3. The second kappa shape index (κ2) is 14.2. The molecule has 0 amide bonds. The van der Waals surface area contributed by atoms with E-state index in [4.69, 9.17) is 9.68 Å². The summed E-state index contributed by atoms with van der Waals surface area (Å²) in [5.74, 6) is 0. The van der Waals surface area contributed by atoms with Gasteiger partial charge >= 0.3 is 10.4 Å². The topological polar surface area (TPSA) is 74.3 Å². The molecule has 0 N–H and O–H groups in total. The molecule has 0 saturated carbocycles. The minimum atomic E-state index is -3.66. The Balaban J connectivity index is 0. The molecule has 0 atom stereocenters. The van der Waals surface area contributed by atoms with Gasteiger partial charge < -0.3 is 0 Å². The van der Waals surface area contributed by atoms with Gasteiger partial charge in [-0.2, -0.15) is 8.42 Å². The number of nitrogens with zero attached hydrogens (tertiary/aromatic N) is 1. The van der Waals surface area contributed by atoms with E-state index >= 15 is 0 Å². The van der Waals surface area contributed by atoms with Crippen LogP contribution in [0.3, 0.4) is 0 Å². The molecule has 0 aromatic carbocycles. The Morgan fingerprint density at radius 2 is 1.53 bits per heavy atom. The first-order chi connectivity index (χ1) is 8.97. The Labute approximate surface area is 117 Å². The van der Waals surface area contributed by atoms with Crippen LogP contribution in [0.25, 0.3) is 0 Å². The lowest BCUT2D eigenvalue weighted by atomic mass is 10.3. The fourth-order valence-corrected chi connectivity index (χ4v) is 1.09. The minimum absolute atomic E-state index is 0.668. The maximum absolute atomic E-state index is 9.92. The Kier molecular flexibility index (Phi) is 15.7. The first kappa shape index (κ1) is 21.1. The van der Waals surface area contributed by atoms with E-state index in [-0.39, 0.29) is 0 Å². The molecule has 0 saturated heterocycles. The van der Waals surface area contributed by atoms with Gasteiger partial charge in [0, 0.05) is 6.54 Å². The summed E-state index contributed by atoms with van der Waals surface area (Å²) in [6.07, 6.45) is 3.56. The largest absolute Gasteiger partial charge is 0.399 e. The van der Waals surface area contributed by atoms with Crippen molar-refractivity contribution in [2.75, 3.05) is 34.0 Å². The maximum atomic E-state index is 9.92. The van der Waals surface area contributed by atoms with E-state index in [1.165, 1.54) is 12.8 Å². The van der Waals surface area contributed by atoms with Crippen molar-refractivity contribution in [3.05, 3.63) is 0 Å². The Morgan fingerprint density at radius 3 is 1.84 bits per heavy atom. The molecular formula is C11H27NO6S. The van der Waals surface area contributed by atoms with Crippen LogP contribution in [0.2, 0.25) is 0 Å². The zero-order chi connectivity index (χ0) is 15.1. The van der Waals surface area contributed by atoms with Crippen LogP contribution < -0.4 is 0 Å². The van der Waals surface area contributed by atoms with Gasteiger partial charge in [0.05, 0.1) is 27.4 Å². The monoisotopic (exact) mass is 301 g/mol. The number of unbranched alkanes of at least 4 members (excludes halogenated alkanes) is 2. The lowest BCUT2D eigenvalue weighted by Gasteiger charge is -2.17. The maximum Gasteiger partial charge on any atom is 0.399 e. The molecule has 0 aliphatic heterocycles. The van der Waals surface area contributed by atoms with E-state index < -0.39 is 10.4 Å². The smallest absolute Gasteiger partial charge is 0.274 e. The van der Waals surface area contributed by atoms with Crippen LogP contribution in [0, 0.1) is 0 Å². The van der Waals surface area contributed by atoms with Gasteiger partial charge in [0.25, 0.3) is 0 Å². The molecule has 19 heavy (non-hydrogen) atoms. The van der Waals surface area contributed by atoms with Crippen LogP contribution in [0.15, 0.2) is 0 Å². The second-order valence-electron chi connectivity index (χ2n) is 3.35. The van der Waals surface area contributed by atoms with Crippen molar-refractivity contribution < 1.29 is 26.5 Å². The average molecular weight is 301 g/mol. The fraction of sp³-hybridized carbons (Fsp3) is 1.00. The van der Waals surface area contributed by atoms with Gasteiger partial charge in [0.1, 0.15) is 0 Å². The van der Waals surface area contributed by atoms with E-state index in [0.29, 0.717) is 6.61 Å². The number of rotatable bonds is 10. The van der Waals surface area contributed by atoms with Crippen molar-refractivity contribution in [2.45, 2.75) is 40.0 Å². The van der Waals surface area contributed by atoms with Crippen molar-refractivity contribution in [3.8, 4) is 0 Å². The third kappa shape index (κ3) is 15.7. The van der Waals surface area contributed by atoms with Gasteiger partial charge in [0.2, 0.25) is 0 Å². The summed E-state index contributed by atoms with van der Waals surface area (Å²) in [4.78, 5) is 10.5. The van der Waals surface area contributed by atoms with Crippen LogP contribution in [-0.2, 0) is 28.4 Å². The highest BCUT2D eigenvalue weighted by molar-refractivity contribution is 7.81. The summed E-state index contributed by atoms with van der Waals surface area (Å²) in [5, 5.41) is 1.55. The van der Waals surface area contributed by atoms with Gasteiger partial charge in [0.15, 0.2) is 0 Å². The zero-order valence-electron chi connectivity index (χ0n) is 12.5. The van der Waals surface area contributed by atoms with E-state index in [9.17, 15) is 8.42 Å². The molecule has 0 unspecified atom stereocenters. The molecule has 0 spiro atoms. The van der Waals surface area contributed by atoms with Crippen LogP contribution >= 0.6 is 0 Å². The molecule has 118 valence electrons. The van der Waals surface area contributed by atoms with Crippen LogP contribution in [0.5, 0.6) is 0 Å². The van der Waals surface area contributed by atoms with Gasteiger partial charge in [-0.05, 0) is 20.3 Å². The summed E-state index contributed by atoms with van der Waals surface area (Å²) in [6, 6.07) is 0. The summed E-state index contributed by atoms with van der Waals surface area (Å²) >= 11 is 0. The van der Waals surface area contributed by atoms with Crippen molar-refractivity contribution in [1.29, 1.82) is 0 Å².